The van der Waals surface area contributed by atoms with Crippen molar-refractivity contribution in [2.75, 3.05) is 13.7 Å². The van der Waals surface area contributed by atoms with Gasteiger partial charge < -0.3 is 9.84 Å². The molecule has 12 heavy (non-hydrogen) atoms. The van der Waals surface area contributed by atoms with Crippen LogP contribution >= 0.6 is 0 Å². The van der Waals surface area contributed by atoms with Gasteiger partial charge in [0.2, 0.25) is 0 Å². The van der Waals surface area contributed by atoms with Crippen molar-refractivity contribution >= 4 is 5.97 Å². The van der Waals surface area contributed by atoms with Crippen LogP contribution in [0.3, 0.4) is 0 Å². The lowest BCUT2D eigenvalue weighted by Crippen LogP contribution is -2.45. The van der Waals surface area contributed by atoms with Crippen molar-refractivity contribution in [1.29, 1.82) is 0 Å². The lowest BCUT2D eigenvalue weighted by atomic mass is 9.60. The van der Waals surface area contributed by atoms with Crippen molar-refractivity contribution in [3.05, 3.63) is 0 Å². The zero-order valence-electron chi connectivity index (χ0n) is 7.30. The van der Waals surface area contributed by atoms with Gasteiger partial charge in [-0.15, -0.1) is 0 Å². The molecule has 0 atom stereocenters. The quantitative estimate of drug-likeness (QED) is 0.621. The first-order chi connectivity index (χ1) is 5.66. The molecule has 3 heteroatoms. The normalized spacial score (nSPS) is 43.8. The summed E-state index contributed by atoms with van der Waals surface area (Å²) in [6, 6.07) is 0. The highest BCUT2D eigenvalue weighted by atomic mass is 16.5. The van der Waals surface area contributed by atoms with E-state index in [1.54, 1.807) is 0 Å². The Labute approximate surface area is 71.7 Å². The van der Waals surface area contributed by atoms with E-state index in [1.807, 2.05) is 0 Å². The van der Waals surface area contributed by atoms with Gasteiger partial charge >= 0.3 is 5.97 Å². The molecule has 3 saturated carbocycles. The predicted molar refractivity (Wildman–Crippen MR) is 42.4 cm³/mol. The number of aliphatic hydroxyl groups excluding tert-OH is 1. The zero-order chi connectivity index (χ0) is 8.82. The molecule has 3 nitrogen and oxygen atoms in total. The van der Waals surface area contributed by atoms with Crippen molar-refractivity contribution in [3.63, 3.8) is 0 Å². The van der Waals surface area contributed by atoms with Crippen LogP contribution in [0.5, 0.6) is 0 Å². The summed E-state index contributed by atoms with van der Waals surface area (Å²) < 4.78 is 4.74. The maximum Gasteiger partial charge on any atom is 0.311 e. The monoisotopic (exact) mass is 170 g/mol. The Hall–Kier alpha value is -0.570. The maximum absolute atomic E-state index is 11.3. The summed E-state index contributed by atoms with van der Waals surface area (Å²) in [4.78, 5) is 11.3. The van der Waals surface area contributed by atoms with Crippen molar-refractivity contribution in [1.82, 2.24) is 0 Å². The van der Waals surface area contributed by atoms with Crippen molar-refractivity contribution < 1.29 is 14.6 Å². The van der Waals surface area contributed by atoms with Crippen LogP contribution in [-0.4, -0.2) is 24.8 Å². The number of hydrogen-bond acceptors (Lipinski definition) is 3. The van der Waals surface area contributed by atoms with Gasteiger partial charge in [-0.2, -0.15) is 0 Å². The molecule has 0 radical (unpaired) electrons. The average molecular weight is 170 g/mol. The van der Waals surface area contributed by atoms with E-state index in [1.165, 1.54) is 7.11 Å². The Morgan fingerprint density at radius 2 is 2.17 bits per heavy atom. The standard InChI is InChI=1S/C9H14O3/c1-12-7(11)9-3-2-8(4-9,5-9)6-10/h10H,2-6H2,1H3. The van der Waals surface area contributed by atoms with Gasteiger partial charge in [0.05, 0.1) is 12.5 Å². The van der Waals surface area contributed by atoms with Gasteiger partial charge in [-0.05, 0) is 31.1 Å². The molecule has 0 amide bonds. The number of methoxy groups -OCH3 is 1. The predicted octanol–water partition coefficient (Wildman–Crippen LogP) is 0.712. The number of aliphatic hydroxyl groups is 1. The lowest BCUT2D eigenvalue weighted by Gasteiger charge is -2.44. The average Bonchev–Trinajstić information content (AvgIpc) is 2.57. The molecule has 0 aromatic rings. The minimum Gasteiger partial charge on any atom is -0.469 e. The summed E-state index contributed by atoms with van der Waals surface area (Å²) in [5.41, 5.74) is -0.133. The molecule has 68 valence electrons. The van der Waals surface area contributed by atoms with E-state index in [2.05, 4.69) is 0 Å². The molecule has 1 N–H and O–H groups in total. The molecule has 3 fully saturated rings. The second-order valence-electron chi connectivity index (χ2n) is 4.28. The fourth-order valence-corrected chi connectivity index (χ4v) is 2.90. The molecule has 0 aliphatic heterocycles. The first kappa shape index (κ1) is 8.05. The molecule has 0 saturated heterocycles. The number of carbonyl (C=O) groups excluding carboxylic acids is 1. The summed E-state index contributed by atoms with van der Waals surface area (Å²) in [5.74, 6) is -0.0796. The van der Waals surface area contributed by atoms with Crippen LogP contribution in [0.4, 0.5) is 0 Å². The van der Waals surface area contributed by atoms with Gasteiger partial charge in [0.15, 0.2) is 0 Å². The van der Waals surface area contributed by atoms with Crippen molar-refractivity contribution in [2.45, 2.75) is 25.7 Å². The fourth-order valence-electron chi connectivity index (χ4n) is 2.90. The van der Waals surface area contributed by atoms with E-state index in [4.69, 9.17) is 9.84 Å². The third kappa shape index (κ3) is 0.774. The van der Waals surface area contributed by atoms with Crippen LogP contribution in [0, 0.1) is 10.8 Å². The third-order valence-corrected chi connectivity index (χ3v) is 3.51. The van der Waals surface area contributed by atoms with Crippen molar-refractivity contribution in [3.8, 4) is 0 Å². The second kappa shape index (κ2) is 2.22. The molecule has 0 unspecified atom stereocenters. The molecule has 2 bridgehead atoms. The summed E-state index contributed by atoms with van der Waals surface area (Å²) in [6.07, 6.45) is 3.56. The van der Waals surface area contributed by atoms with Gasteiger partial charge in [0, 0.05) is 6.61 Å². The van der Waals surface area contributed by atoms with Gasteiger partial charge in [0.1, 0.15) is 0 Å². The minimum atomic E-state index is -0.211. The summed E-state index contributed by atoms with van der Waals surface area (Å²) in [5, 5.41) is 9.08. The van der Waals surface area contributed by atoms with Crippen LogP contribution in [0.15, 0.2) is 0 Å². The number of hydrogen-bond donors (Lipinski definition) is 1. The van der Waals surface area contributed by atoms with Gasteiger partial charge in [0.25, 0.3) is 0 Å². The van der Waals surface area contributed by atoms with E-state index >= 15 is 0 Å². The smallest absolute Gasteiger partial charge is 0.311 e. The molecule has 3 rings (SSSR count). The number of esters is 1. The third-order valence-electron chi connectivity index (χ3n) is 3.51. The van der Waals surface area contributed by atoms with Crippen molar-refractivity contribution in [2.24, 2.45) is 10.8 Å². The molecule has 0 aromatic carbocycles. The highest BCUT2D eigenvalue weighted by Crippen LogP contribution is 2.67. The van der Waals surface area contributed by atoms with Crippen LogP contribution in [-0.2, 0) is 9.53 Å². The van der Waals surface area contributed by atoms with Crippen LogP contribution in [0.2, 0.25) is 0 Å². The van der Waals surface area contributed by atoms with Gasteiger partial charge in [-0.3, -0.25) is 4.79 Å². The Kier molecular flexibility index (Phi) is 1.49. The summed E-state index contributed by atoms with van der Waals surface area (Å²) in [6.45, 7) is 0.228. The molecule has 3 aliphatic carbocycles. The van der Waals surface area contributed by atoms with Crippen LogP contribution < -0.4 is 0 Å². The molecular weight excluding hydrogens is 156 g/mol. The minimum absolute atomic E-state index is 0.0776. The molecule has 0 spiro atoms. The Bertz CT molecular complexity index is 216. The van der Waals surface area contributed by atoms with E-state index < -0.39 is 0 Å². The number of rotatable bonds is 2. The number of ether oxygens (including phenoxy) is 1. The molecule has 3 aliphatic rings. The Morgan fingerprint density at radius 1 is 1.50 bits per heavy atom. The first-order valence-electron chi connectivity index (χ1n) is 4.36. The van der Waals surface area contributed by atoms with Crippen LogP contribution in [0.25, 0.3) is 0 Å². The van der Waals surface area contributed by atoms with E-state index in [0.717, 1.165) is 25.7 Å². The number of carbonyl (C=O) groups is 1. The zero-order valence-corrected chi connectivity index (χ0v) is 7.30. The van der Waals surface area contributed by atoms with Gasteiger partial charge in [-0.25, -0.2) is 0 Å². The lowest BCUT2D eigenvalue weighted by molar-refractivity contribution is -0.162. The van der Waals surface area contributed by atoms with Gasteiger partial charge in [-0.1, -0.05) is 0 Å². The second-order valence-corrected chi connectivity index (χ2v) is 4.28. The van der Waals surface area contributed by atoms with E-state index in [0.29, 0.717) is 0 Å². The van der Waals surface area contributed by atoms with Crippen LogP contribution in [0.1, 0.15) is 25.7 Å². The fraction of sp³-hybridized carbons (Fsp3) is 0.889. The summed E-state index contributed by atoms with van der Waals surface area (Å²) in [7, 11) is 1.44. The molecular formula is C9H14O3. The SMILES string of the molecule is COC(=O)C12CCC(CO)(C1)C2. The van der Waals surface area contributed by atoms with E-state index in [-0.39, 0.29) is 23.4 Å². The molecule has 0 heterocycles. The van der Waals surface area contributed by atoms with E-state index in [9.17, 15) is 4.79 Å². The Morgan fingerprint density at radius 3 is 2.58 bits per heavy atom. The topological polar surface area (TPSA) is 46.5 Å². The highest BCUT2D eigenvalue weighted by molar-refractivity contribution is 5.79. The Balaban J connectivity index is 2.09. The first-order valence-corrected chi connectivity index (χ1v) is 4.36. The highest BCUT2D eigenvalue weighted by Gasteiger charge is 2.64. The largest absolute Gasteiger partial charge is 0.469 e. The molecule has 0 aromatic heterocycles. The number of fused-ring (bicyclic) bond motifs is 1. The maximum atomic E-state index is 11.3. The summed E-state index contributed by atoms with van der Waals surface area (Å²) >= 11 is 0.